The summed E-state index contributed by atoms with van der Waals surface area (Å²) in [5.41, 5.74) is 1.25. The quantitative estimate of drug-likeness (QED) is 0.720. The van der Waals surface area contributed by atoms with Crippen LogP contribution in [0.4, 0.5) is 0 Å². The summed E-state index contributed by atoms with van der Waals surface area (Å²) in [5, 5.41) is 3.44. The second-order valence-electron chi connectivity index (χ2n) is 4.90. The van der Waals surface area contributed by atoms with Crippen molar-refractivity contribution in [1.82, 2.24) is 10.2 Å². The SMILES string of the molecule is Cc1cc(CN(C)CCNCC(C)C)co1. The summed E-state index contributed by atoms with van der Waals surface area (Å²) < 4.78 is 5.28. The molecule has 0 saturated heterocycles. The van der Waals surface area contributed by atoms with Gasteiger partial charge >= 0.3 is 0 Å². The second kappa shape index (κ2) is 6.71. The number of furan rings is 1. The fourth-order valence-corrected chi connectivity index (χ4v) is 1.63. The van der Waals surface area contributed by atoms with Gasteiger partial charge < -0.3 is 14.6 Å². The molecule has 1 aromatic heterocycles. The summed E-state index contributed by atoms with van der Waals surface area (Å²) >= 11 is 0. The summed E-state index contributed by atoms with van der Waals surface area (Å²) in [6.45, 7) is 10.6. The van der Waals surface area contributed by atoms with Gasteiger partial charge in [0, 0.05) is 25.2 Å². The Bertz CT molecular complexity index is 294. The number of nitrogens with one attached hydrogen (secondary N) is 1. The van der Waals surface area contributed by atoms with E-state index in [0.29, 0.717) is 0 Å². The molecule has 1 N–H and O–H groups in total. The first kappa shape index (κ1) is 13.3. The molecular weight excluding hydrogens is 200 g/mol. The smallest absolute Gasteiger partial charge is 0.101 e. The average Bonchev–Trinajstić information content (AvgIpc) is 2.58. The lowest BCUT2D eigenvalue weighted by Crippen LogP contribution is -2.30. The zero-order valence-corrected chi connectivity index (χ0v) is 10.9. The molecule has 0 atom stereocenters. The Morgan fingerprint density at radius 2 is 2.19 bits per heavy atom. The van der Waals surface area contributed by atoms with Gasteiger partial charge in [0.25, 0.3) is 0 Å². The van der Waals surface area contributed by atoms with E-state index in [1.54, 1.807) is 0 Å². The van der Waals surface area contributed by atoms with Crippen molar-refractivity contribution in [2.75, 3.05) is 26.7 Å². The monoisotopic (exact) mass is 224 g/mol. The van der Waals surface area contributed by atoms with Crippen molar-refractivity contribution in [3.05, 3.63) is 23.7 Å². The van der Waals surface area contributed by atoms with Crippen LogP contribution in [0.1, 0.15) is 25.2 Å². The van der Waals surface area contributed by atoms with Crippen LogP contribution in [-0.4, -0.2) is 31.6 Å². The lowest BCUT2D eigenvalue weighted by molar-refractivity contribution is 0.320. The third kappa shape index (κ3) is 5.33. The molecule has 0 aliphatic heterocycles. The Morgan fingerprint density at radius 1 is 1.44 bits per heavy atom. The highest BCUT2D eigenvalue weighted by Gasteiger charge is 2.02. The average molecular weight is 224 g/mol. The first-order valence-corrected chi connectivity index (χ1v) is 6.01. The number of hydrogen-bond acceptors (Lipinski definition) is 3. The minimum absolute atomic E-state index is 0.724. The van der Waals surface area contributed by atoms with E-state index in [2.05, 4.69) is 37.2 Å². The fourth-order valence-electron chi connectivity index (χ4n) is 1.63. The van der Waals surface area contributed by atoms with Gasteiger partial charge in [0.15, 0.2) is 0 Å². The van der Waals surface area contributed by atoms with Gasteiger partial charge in [-0.3, -0.25) is 0 Å². The van der Waals surface area contributed by atoms with Crippen LogP contribution in [0.5, 0.6) is 0 Å². The number of nitrogens with zero attached hydrogens (tertiary/aromatic N) is 1. The number of hydrogen-bond donors (Lipinski definition) is 1. The van der Waals surface area contributed by atoms with E-state index in [4.69, 9.17) is 4.42 Å². The molecular formula is C13H24N2O. The van der Waals surface area contributed by atoms with Crippen LogP contribution in [0.15, 0.2) is 16.7 Å². The van der Waals surface area contributed by atoms with Gasteiger partial charge in [-0.15, -0.1) is 0 Å². The molecule has 0 aliphatic rings. The molecule has 0 aliphatic carbocycles. The first-order chi connectivity index (χ1) is 7.58. The van der Waals surface area contributed by atoms with E-state index >= 15 is 0 Å². The largest absolute Gasteiger partial charge is 0.469 e. The van der Waals surface area contributed by atoms with E-state index in [0.717, 1.165) is 37.9 Å². The standard InChI is InChI=1S/C13H24N2O/c1-11(2)8-14-5-6-15(4)9-13-7-12(3)16-10-13/h7,10-11,14H,5-6,8-9H2,1-4H3. The van der Waals surface area contributed by atoms with Crippen LogP contribution < -0.4 is 5.32 Å². The lowest BCUT2D eigenvalue weighted by atomic mass is 10.2. The highest BCUT2D eigenvalue weighted by molar-refractivity contribution is 5.11. The molecule has 0 bridgehead atoms. The zero-order valence-electron chi connectivity index (χ0n) is 10.9. The molecule has 92 valence electrons. The summed E-state index contributed by atoms with van der Waals surface area (Å²) in [6, 6.07) is 2.10. The summed E-state index contributed by atoms with van der Waals surface area (Å²) in [6.07, 6.45) is 1.84. The van der Waals surface area contributed by atoms with Crippen LogP contribution in [0.2, 0.25) is 0 Å². The molecule has 1 rings (SSSR count). The van der Waals surface area contributed by atoms with Crippen LogP contribution >= 0.6 is 0 Å². The van der Waals surface area contributed by atoms with Gasteiger partial charge in [0.05, 0.1) is 6.26 Å². The summed E-state index contributed by atoms with van der Waals surface area (Å²) in [5.74, 6) is 1.71. The third-order valence-corrected chi connectivity index (χ3v) is 2.46. The molecule has 3 nitrogen and oxygen atoms in total. The highest BCUT2D eigenvalue weighted by Crippen LogP contribution is 2.07. The second-order valence-corrected chi connectivity index (χ2v) is 4.90. The maximum absolute atomic E-state index is 5.28. The predicted octanol–water partition coefficient (Wildman–Crippen LogP) is 2.27. The predicted molar refractivity (Wildman–Crippen MR) is 67.5 cm³/mol. The van der Waals surface area contributed by atoms with E-state index in [1.807, 2.05) is 13.2 Å². The van der Waals surface area contributed by atoms with E-state index in [-0.39, 0.29) is 0 Å². The fraction of sp³-hybridized carbons (Fsp3) is 0.692. The third-order valence-electron chi connectivity index (χ3n) is 2.46. The Morgan fingerprint density at radius 3 is 2.75 bits per heavy atom. The van der Waals surface area contributed by atoms with Crippen molar-refractivity contribution < 1.29 is 4.42 Å². The minimum atomic E-state index is 0.724. The van der Waals surface area contributed by atoms with Crippen LogP contribution in [-0.2, 0) is 6.54 Å². The molecule has 0 saturated carbocycles. The molecule has 0 fully saturated rings. The van der Waals surface area contributed by atoms with Gasteiger partial charge in [-0.25, -0.2) is 0 Å². The van der Waals surface area contributed by atoms with Gasteiger partial charge in [-0.05, 0) is 32.5 Å². The van der Waals surface area contributed by atoms with Crippen molar-refractivity contribution >= 4 is 0 Å². The molecule has 0 unspecified atom stereocenters. The number of likely N-dealkylation sites (N-methyl/N-ethyl adjacent to an activating group) is 1. The molecule has 0 amide bonds. The van der Waals surface area contributed by atoms with Crippen molar-refractivity contribution in [3.63, 3.8) is 0 Å². The maximum atomic E-state index is 5.28. The maximum Gasteiger partial charge on any atom is 0.101 e. The number of rotatable bonds is 7. The van der Waals surface area contributed by atoms with E-state index < -0.39 is 0 Å². The Balaban J connectivity index is 2.13. The Kier molecular flexibility index (Phi) is 5.56. The van der Waals surface area contributed by atoms with Crippen LogP contribution in [0.3, 0.4) is 0 Å². The van der Waals surface area contributed by atoms with Crippen molar-refractivity contribution in [3.8, 4) is 0 Å². The first-order valence-electron chi connectivity index (χ1n) is 6.01. The van der Waals surface area contributed by atoms with E-state index in [1.165, 1.54) is 5.56 Å². The Hall–Kier alpha value is -0.800. The molecule has 3 heteroatoms. The van der Waals surface area contributed by atoms with Gasteiger partial charge in [-0.1, -0.05) is 13.8 Å². The molecule has 1 heterocycles. The summed E-state index contributed by atoms with van der Waals surface area (Å²) in [4.78, 5) is 2.30. The molecule has 1 aromatic rings. The van der Waals surface area contributed by atoms with Crippen molar-refractivity contribution in [2.24, 2.45) is 5.92 Å². The van der Waals surface area contributed by atoms with E-state index in [9.17, 15) is 0 Å². The molecule has 0 spiro atoms. The molecule has 0 radical (unpaired) electrons. The topological polar surface area (TPSA) is 28.4 Å². The molecule has 0 aromatic carbocycles. The highest BCUT2D eigenvalue weighted by atomic mass is 16.3. The van der Waals surface area contributed by atoms with Crippen LogP contribution in [0, 0.1) is 12.8 Å². The van der Waals surface area contributed by atoms with Crippen molar-refractivity contribution in [2.45, 2.75) is 27.3 Å². The van der Waals surface area contributed by atoms with Gasteiger partial charge in [0.2, 0.25) is 0 Å². The van der Waals surface area contributed by atoms with Gasteiger partial charge in [-0.2, -0.15) is 0 Å². The minimum Gasteiger partial charge on any atom is -0.469 e. The normalized spacial score (nSPS) is 11.6. The lowest BCUT2D eigenvalue weighted by Gasteiger charge is -2.16. The van der Waals surface area contributed by atoms with Crippen LogP contribution in [0.25, 0.3) is 0 Å². The Labute approximate surface area is 98.8 Å². The summed E-state index contributed by atoms with van der Waals surface area (Å²) in [7, 11) is 2.14. The van der Waals surface area contributed by atoms with Crippen molar-refractivity contribution in [1.29, 1.82) is 0 Å². The molecule has 16 heavy (non-hydrogen) atoms. The number of aryl methyl sites for hydroxylation is 1. The zero-order chi connectivity index (χ0) is 12.0. The van der Waals surface area contributed by atoms with Gasteiger partial charge in [0.1, 0.15) is 5.76 Å².